The summed E-state index contributed by atoms with van der Waals surface area (Å²) in [6, 6.07) is 20.0. The molecule has 1 N–H and O–H groups in total. The SMILES string of the molecule is O=C(CC(c1ccccc1)c1ccccc1)NC[C@@H]1CCS(=O)(=O)C1. The lowest BCUT2D eigenvalue weighted by Crippen LogP contribution is -2.31. The molecule has 5 heteroatoms. The van der Waals surface area contributed by atoms with Crippen molar-refractivity contribution in [3.8, 4) is 0 Å². The molecule has 2 aromatic rings. The van der Waals surface area contributed by atoms with E-state index in [9.17, 15) is 13.2 Å². The molecule has 0 aromatic heterocycles. The average Bonchev–Trinajstić information content (AvgIpc) is 2.98. The Kier molecular flexibility index (Phi) is 5.53. The third-order valence-corrected chi connectivity index (χ3v) is 6.55. The second-order valence-corrected chi connectivity index (χ2v) is 8.88. The normalized spacial score (nSPS) is 19.0. The number of carbonyl (C=O) groups is 1. The molecule has 1 aliphatic heterocycles. The summed E-state index contributed by atoms with van der Waals surface area (Å²) in [4.78, 5) is 12.5. The van der Waals surface area contributed by atoms with Gasteiger partial charge in [-0.15, -0.1) is 0 Å². The van der Waals surface area contributed by atoms with Crippen molar-refractivity contribution >= 4 is 15.7 Å². The van der Waals surface area contributed by atoms with Gasteiger partial charge in [0, 0.05) is 18.9 Å². The minimum atomic E-state index is -2.90. The van der Waals surface area contributed by atoms with Gasteiger partial charge in [-0.1, -0.05) is 60.7 Å². The Morgan fingerprint density at radius 1 is 1.00 bits per heavy atom. The van der Waals surface area contributed by atoms with Crippen LogP contribution >= 0.6 is 0 Å². The Balaban J connectivity index is 1.65. The van der Waals surface area contributed by atoms with Gasteiger partial charge in [0.1, 0.15) is 0 Å². The van der Waals surface area contributed by atoms with Gasteiger partial charge in [0.25, 0.3) is 0 Å². The third kappa shape index (κ3) is 4.92. The molecular weight excluding hydrogens is 334 g/mol. The van der Waals surface area contributed by atoms with E-state index in [-0.39, 0.29) is 29.2 Å². The molecule has 1 atom stereocenters. The van der Waals surface area contributed by atoms with Crippen LogP contribution in [0.15, 0.2) is 60.7 Å². The molecule has 0 unspecified atom stereocenters. The van der Waals surface area contributed by atoms with Crippen molar-refractivity contribution in [2.24, 2.45) is 5.92 Å². The van der Waals surface area contributed by atoms with Crippen molar-refractivity contribution in [1.29, 1.82) is 0 Å². The lowest BCUT2D eigenvalue weighted by Gasteiger charge is -2.18. The second kappa shape index (κ2) is 7.83. The first-order valence-electron chi connectivity index (χ1n) is 8.60. The zero-order chi connectivity index (χ0) is 17.7. The fourth-order valence-electron chi connectivity index (χ4n) is 3.35. The summed E-state index contributed by atoms with van der Waals surface area (Å²) < 4.78 is 23.0. The number of amides is 1. The van der Waals surface area contributed by atoms with Gasteiger partial charge < -0.3 is 5.32 Å². The quantitative estimate of drug-likeness (QED) is 0.865. The molecule has 0 spiro atoms. The second-order valence-electron chi connectivity index (χ2n) is 6.65. The molecule has 25 heavy (non-hydrogen) atoms. The first-order valence-corrected chi connectivity index (χ1v) is 10.4. The minimum Gasteiger partial charge on any atom is -0.356 e. The van der Waals surface area contributed by atoms with Crippen LogP contribution in [0.5, 0.6) is 0 Å². The number of nitrogens with one attached hydrogen (secondary N) is 1. The van der Waals surface area contributed by atoms with E-state index in [0.717, 1.165) is 11.1 Å². The van der Waals surface area contributed by atoms with Crippen LogP contribution in [0.3, 0.4) is 0 Å². The van der Waals surface area contributed by atoms with Crippen molar-refractivity contribution in [2.45, 2.75) is 18.8 Å². The zero-order valence-electron chi connectivity index (χ0n) is 14.1. The maximum absolute atomic E-state index is 12.5. The van der Waals surface area contributed by atoms with E-state index >= 15 is 0 Å². The molecule has 3 rings (SSSR count). The topological polar surface area (TPSA) is 63.2 Å². The molecule has 2 aromatic carbocycles. The largest absolute Gasteiger partial charge is 0.356 e. The van der Waals surface area contributed by atoms with Crippen molar-refractivity contribution in [3.63, 3.8) is 0 Å². The highest BCUT2D eigenvalue weighted by Gasteiger charge is 2.28. The summed E-state index contributed by atoms with van der Waals surface area (Å²) in [5, 5.41) is 2.93. The number of benzene rings is 2. The predicted molar refractivity (Wildman–Crippen MR) is 99.1 cm³/mol. The fourth-order valence-corrected chi connectivity index (χ4v) is 5.21. The van der Waals surface area contributed by atoms with E-state index < -0.39 is 9.84 Å². The van der Waals surface area contributed by atoms with Crippen LogP contribution in [0.4, 0.5) is 0 Å². The molecule has 1 fully saturated rings. The highest BCUT2D eigenvalue weighted by molar-refractivity contribution is 7.91. The maximum atomic E-state index is 12.5. The summed E-state index contributed by atoms with van der Waals surface area (Å²) >= 11 is 0. The number of rotatable bonds is 6. The van der Waals surface area contributed by atoms with Crippen LogP contribution < -0.4 is 5.32 Å². The number of hydrogen-bond acceptors (Lipinski definition) is 3. The Labute approximate surface area is 149 Å². The van der Waals surface area contributed by atoms with Gasteiger partial charge >= 0.3 is 0 Å². The highest BCUT2D eigenvalue weighted by Crippen LogP contribution is 2.27. The lowest BCUT2D eigenvalue weighted by molar-refractivity contribution is -0.121. The third-order valence-electron chi connectivity index (χ3n) is 4.71. The van der Waals surface area contributed by atoms with Gasteiger partial charge in [0.2, 0.25) is 5.91 Å². The monoisotopic (exact) mass is 357 g/mol. The van der Waals surface area contributed by atoms with Gasteiger partial charge in [0.15, 0.2) is 9.84 Å². The standard InChI is InChI=1S/C20H23NO3S/c22-20(21-14-16-11-12-25(23,24)15-16)13-19(17-7-3-1-4-8-17)18-9-5-2-6-10-18/h1-10,16,19H,11-15H2,(H,21,22)/t16-/m0/s1. The zero-order valence-corrected chi connectivity index (χ0v) is 14.9. The van der Waals surface area contributed by atoms with Crippen LogP contribution in [0.25, 0.3) is 0 Å². The van der Waals surface area contributed by atoms with E-state index in [0.29, 0.717) is 19.4 Å². The summed E-state index contributed by atoms with van der Waals surface area (Å²) in [7, 11) is -2.90. The molecule has 0 aliphatic carbocycles. The van der Waals surface area contributed by atoms with Crippen LogP contribution in [0, 0.1) is 5.92 Å². The number of hydrogen-bond donors (Lipinski definition) is 1. The van der Waals surface area contributed by atoms with Gasteiger partial charge in [-0.05, 0) is 23.5 Å². The van der Waals surface area contributed by atoms with Crippen molar-refractivity contribution < 1.29 is 13.2 Å². The summed E-state index contributed by atoms with van der Waals surface area (Å²) in [6.45, 7) is 0.439. The molecule has 0 radical (unpaired) electrons. The van der Waals surface area contributed by atoms with E-state index in [1.807, 2.05) is 60.7 Å². The Morgan fingerprint density at radius 2 is 1.56 bits per heavy atom. The van der Waals surface area contributed by atoms with Gasteiger partial charge in [-0.3, -0.25) is 4.79 Å². The molecule has 1 aliphatic rings. The fraction of sp³-hybridized carbons (Fsp3) is 0.350. The van der Waals surface area contributed by atoms with Crippen LogP contribution in [0.1, 0.15) is 29.9 Å². The summed E-state index contributed by atoms with van der Waals surface area (Å²) in [5.41, 5.74) is 2.21. The Bertz CT molecular complexity index is 764. The number of carbonyl (C=O) groups excluding carboxylic acids is 1. The number of sulfone groups is 1. The maximum Gasteiger partial charge on any atom is 0.220 e. The van der Waals surface area contributed by atoms with Crippen molar-refractivity contribution in [3.05, 3.63) is 71.8 Å². The molecule has 4 nitrogen and oxygen atoms in total. The van der Waals surface area contributed by atoms with Crippen molar-refractivity contribution in [1.82, 2.24) is 5.32 Å². The predicted octanol–water partition coefficient (Wildman–Crippen LogP) is 2.76. The van der Waals surface area contributed by atoms with E-state index in [2.05, 4.69) is 5.32 Å². The Hall–Kier alpha value is -2.14. The van der Waals surface area contributed by atoms with Gasteiger partial charge in [-0.25, -0.2) is 8.42 Å². The molecule has 1 amide bonds. The minimum absolute atomic E-state index is 0.00490. The summed E-state index contributed by atoms with van der Waals surface area (Å²) in [6.07, 6.45) is 0.997. The Morgan fingerprint density at radius 3 is 2.04 bits per heavy atom. The van der Waals surface area contributed by atoms with Crippen LogP contribution in [0.2, 0.25) is 0 Å². The molecular formula is C20H23NO3S. The van der Waals surface area contributed by atoms with Crippen LogP contribution in [-0.2, 0) is 14.6 Å². The smallest absolute Gasteiger partial charge is 0.220 e. The van der Waals surface area contributed by atoms with Crippen LogP contribution in [-0.4, -0.2) is 32.4 Å². The first-order chi connectivity index (χ1) is 12.0. The first kappa shape index (κ1) is 17.7. The molecule has 0 saturated carbocycles. The van der Waals surface area contributed by atoms with E-state index in [1.165, 1.54) is 0 Å². The average molecular weight is 357 g/mol. The molecule has 1 heterocycles. The van der Waals surface area contributed by atoms with E-state index in [1.54, 1.807) is 0 Å². The highest BCUT2D eigenvalue weighted by atomic mass is 32.2. The van der Waals surface area contributed by atoms with Crippen molar-refractivity contribution in [2.75, 3.05) is 18.1 Å². The lowest BCUT2D eigenvalue weighted by atomic mass is 9.88. The molecule has 132 valence electrons. The molecule has 0 bridgehead atoms. The van der Waals surface area contributed by atoms with E-state index in [4.69, 9.17) is 0 Å². The van der Waals surface area contributed by atoms with Gasteiger partial charge in [0.05, 0.1) is 11.5 Å². The summed E-state index contributed by atoms with van der Waals surface area (Å²) in [5.74, 6) is 0.427. The van der Waals surface area contributed by atoms with Gasteiger partial charge in [-0.2, -0.15) is 0 Å². The molecule has 1 saturated heterocycles.